The lowest BCUT2D eigenvalue weighted by molar-refractivity contribution is -0.225. The Morgan fingerprint density at radius 2 is 2.04 bits per heavy atom. The Morgan fingerprint density at radius 3 is 2.71 bits per heavy atom. The fourth-order valence-corrected chi connectivity index (χ4v) is 3.27. The summed E-state index contributed by atoms with van der Waals surface area (Å²) in [7, 11) is 0. The Kier molecular flexibility index (Phi) is 4.64. The molecule has 0 amide bonds. The van der Waals surface area contributed by atoms with Crippen molar-refractivity contribution < 1.29 is 18.7 Å². The lowest BCUT2D eigenvalue weighted by atomic mass is 9.95. The number of aromatic nitrogens is 2. The number of carbonyl (C=O) groups excluding carboxylic acids is 1. The van der Waals surface area contributed by atoms with Crippen LogP contribution >= 0.6 is 0 Å². The van der Waals surface area contributed by atoms with Crippen LogP contribution in [0.1, 0.15) is 41.6 Å². The van der Waals surface area contributed by atoms with E-state index in [2.05, 4.69) is 24.1 Å². The molecule has 1 aliphatic rings. The third kappa shape index (κ3) is 3.39. The summed E-state index contributed by atoms with van der Waals surface area (Å²) < 4.78 is 27.8. The highest BCUT2D eigenvalue weighted by Crippen LogP contribution is 2.35. The molecular formula is C21H22FN3O3. The Balaban J connectivity index is 1.77. The zero-order chi connectivity index (χ0) is 19.9. The first-order chi connectivity index (χ1) is 13.4. The maximum atomic E-state index is 14.3. The van der Waals surface area contributed by atoms with Crippen molar-refractivity contribution in [3.8, 4) is 0 Å². The van der Waals surface area contributed by atoms with Gasteiger partial charge in [0.25, 0.3) is 0 Å². The Bertz CT molecular complexity index is 1030. The molecule has 1 N–H and O–H groups in total. The topological polar surface area (TPSA) is 64.9 Å². The number of hydrogen-bond donors (Lipinski definition) is 1. The molecular weight excluding hydrogens is 361 g/mol. The first-order valence-electron chi connectivity index (χ1n) is 9.08. The molecule has 1 saturated heterocycles. The van der Waals surface area contributed by atoms with Crippen molar-refractivity contribution in [2.45, 2.75) is 27.1 Å². The van der Waals surface area contributed by atoms with E-state index in [0.29, 0.717) is 30.2 Å². The van der Waals surface area contributed by atoms with Crippen molar-refractivity contribution in [1.29, 1.82) is 0 Å². The number of rotatable bonds is 4. The SMILES string of the molecule is Cc1ccc(Nc2c(C=O)cc(C3OCC(C)(C)CO3)c3cncn23)c(F)c1. The first kappa shape index (κ1) is 18.6. The molecule has 1 fully saturated rings. The number of hydrogen-bond acceptors (Lipinski definition) is 5. The number of aryl methyl sites for hydroxylation is 1. The molecule has 4 rings (SSSR count). The molecule has 0 radical (unpaired) electrons. The van der Waals surface area contributed by atoms with Crippen molar-refractivity contribution in [3.63, 3.8) is 0 Å². The summed E-state index contributed by atoms with van der Waals surface area (Å²) in [4.78, 5) is 16.0. The highest BCUT2D eigenvalue weighted by atomic mass is 19.1. The van der Waals surface area contributed by atoms with Crippen LogP contribution in [-0.2, 0) is 9.47 Å². The Hall–Kier alpha value is -2.77. The summed E-state index contributed by atoms with van der Waals surface area (Å²) in [5.74, 6) is 0.0421. The lowest BCUT2D eigenvalue weighted by Crippen LogP contribution is -2.34. The lowest BCUT2D eigenvalue weighted by Gasteiger charge is -2.35. The van der Waals surface area contributed by atoms with Gasteiger partial charge in [-0.1, -0.05) is 19.9 Å². The number of halogens is 1. The van der Waals surface area contributed by atoms with Crippen LogP contribution in [-0.4, -0.2) is 28.9 Å². The fraction of sp³-hybridized carbons (Fsp3) is 0.333. The van der Waals surface area contributed by atoms with Gasteiger partial charge in [-0.3, -0.25) is 9.20 Å². The monoisotopic (exact) mass is 383 g/mol. The van der Waals surface area contributed by atoms with Crippen LogP contribution < -0.4 is 5.32 Å². The molecule has 0 spiro atoms. The number of benzene rings is 1. The molecule has 1 aliphatic heterocycles. The molecule has 0 aliphatic carbocycles. The van der Waals surface area contributed by atoms with Gasteiger partial charge < -0.3 is 14.8 Å². The molecule has 0 saturated carbocycles. The minimum atomic E-state index is -0.587. The molecule has 3 aromatic rings. The average molecular weight is 383 g/mol. The van der Waals surface area contributed by atoms with Gasteiger partial charge in [0.2, 0.25) is 0 Å². The summed E-state index contributed by atoms with van der Waals surface area (Å²) >= 11 is 0. The van der Waals surface area contributed by atoms with Gasteiger partial charge in [-0.2, -0.15) is 0 Å². The van der Waals surface area contributed by atoms with Gasteiger partial charge in [-0.15, -0.1) is 0 Å². The van der Waals surface area contributed by atoms with Crippen LogP contribution in [0.5, 0.6) is 0 Å². The number of carbonyl (C=O) groups is 1. The second kappa shape index (κ2) is 7.00. The van der Waals surface area contributed by atoms with Gasteiger partial charge in [0, 0.05) is 11.0 Å². The summed E-state index contributed by atoms with van der Waals surface area (Å²) in [5, 5.41) is 3.03. The number of anilines is 2. The standard InChI is InChI=1S/C21H22FN3O3/c1-13-4-5-17(16(22)6-13)24-19-14(9-26)7-15(18-8-23-12-25(18)19)20-27-10-21(2,3)11-28-20/h4-9,12,20,24H,10-11H2,1-3H3. The molecule has 1 aromatic carbocycles. The van der Waals surface area contributed by atoms with Gasteiger partial charge >= 0.3 is 0 Å². The first-order valence-corrected chi connectivity index (χ1v) is 9.08. The molecule has 146 valence electrons. The second-order valence-corrected chi connectivity index (χ2v) is 7.90. The van der Waals surface area contributed by atoms with Crippen molar-refractivity contribution >= 4 is 23.3 Å². The van der Waals surface area contributed by atoms with E-state index >= 15 is 0 Å². The molecule has 0 atom stereocenters. The molecule has 6 nitrogen and oxygen atoms in total. The molecule has 28 heavy (non-hydrogen) atoms. The Labute approximate surface area is 162 Å². The van der Waals surface area contributed by atoms with Crippen LogP contribution in [0.4, 0.5) is 15.9 Å². The van der Waals surface area contributed by atoms with Gasteiger partial charge in [-0.05, 0) is 30.7 Å². The summed E-state index contributed by atoms with van der Waals surface area (Å²) in [6.07, 6.45) is 3.39. The molecule has 0 bridgehead atoms. The maximum absolute atomic E-state index is 14.3. The van der Waals surface area contributed by atoms with E-state index in [1.165, 1.54) is 6.07 Å². The fourth-order valence-electron chi connectivity index (χ4n) is 3.27. The number of aldehydes is 1. The van der Waals surface area contributed by atoms with E-state index < -0.39 is 12.1 Å². The average Bonchev–Trinajstić information content (AvgIpc) is 3.14. The van der Waals surface area contributed by atoms with Crippen LogP contribution in [0.25, 0.3) is 5.52 Å². The molecule has 7 heteroatoms. The van der Waals surface area contributed by atoms with E-state index in [-0.39, 0.29) is 11.1 Å². The largest absolute Gasteiger partial charge is 0.348 e. The Morgan fingerprint density at radius 1 is 1.29 bits per heavy atom. The zero-order valence-corrected chi connectivity index (χ0v) is 16.0. The van der Waals surface area contributed by atoms with Gasteiger partial charge in [0.15, 0.2) is 12.6 Å². The van der Waals surface area contributed by atoms with Crippen molar-refractivity contribution in [3.05, 3.63) is 59.3 Å². The van der Waals surface area contributed by atoms with Gasteiger partial charge in [-0.25, -0.2) is 9.37 Å². The number of imidazole rings is 1. The summed E-state index contributed by atoms with van der Waals surface area (Å²) in [5.41, 5.74) is 2.83. The van der Waals surface area contributed by atoms with E-state index in [1.54, 1.807) is 35.1 Å². The van der Waals surface area contributed by atoms with Crippen LogP contribution in [0, 0.1) is 18.2 Å². The second-order valence-electron chi connectivity index (χ2n) is 7.90. The number of ether oxygens (including phenoxy) is 2. The van der Waals surface area contributed by atoms with Gasteiger partial charge in [0.05, 0.1) is 36.2 Å². The number of fused-ring (bicyclic) bond motifs is 1. The predicted octanol–water partition coefficient (Wildman–Crippen LogP) is 4.41. The highest BCUT2D eigenvalue weighted by molar-refractivity contribution is 5.87. The minimum absolute atomic E-state index is 0.0645. The van der Waals surface area contributed by atoms with Gasteiger partial charge in [0.1, 0.15) is 18.0 Å². The molecule has 3 heterocycles. The predicted molar refractivity (Wildman–Crippen MR) is 103 cm³/mol. The number of pyridine rings is 1. The third-order valence-corrected chi connectivity index (χ3v) is 4.77. The van der Waals surface area contributed by atoms with E-state index in [0.717, 1.165) is 17.4 Å². The molecule has 2 aromatic heterocycles. The van der Waals surface area contributed by atoms with E-state index in [1.807, 2.05) is 6.92 Å². The molecule has 0 unspecified atom stereocenters. The van der Waals surface area contributed by atoms with Crippen molar-refractivity contribution in [1.82, 2.24) is 9.38 Å². The van der Waals surface area contributed by atoms with Crippen LogP contribution in [0.2, 0.25) is 0 Å². The van der Waals surface area contributed by atoms with Crippen LogP contribution in [0.15, 0.2) is 36.8 Å². The number of nitrogens with one attached hydrogen (secondary N) is 1. The number of nitrogens with zero attached hydrogens (tertiary/aromatic N) is 2. The normalized spacial score (nSPS) is 17.0. The summed E-state index contributed by atoms with van der Waals surface area (Å²) in [6.45, 7) is 7.04. The summed E-state index contributed by atoms with van der Waals surface area (Å²) in [6, 6.07) is 6.59. The third-order valence-electron chi connectivity index (χ3n) is 4.77. The van der Waals surface area contributed by atoms with E-state index in [4.69, 9.17) is 9.47 Å². The smallest absolute Gasteiger partial charge is 0.185 e. The zero-order valence-electron chi connectivity index (χ0n) is 16.0. The quantitative estimate of drug-likeness (QED) is 0.676. The van der Waals surface area contributed by atoms with Crippen LogP contribution in [0.3, 0.4) is 0 Å². The maximum Gasteiger partial charge on any atom is 0.185 e. The van der Waals surface area contributed by atoms with Crippen molar-refractivity contribution in [2.24, 2.45) is 5.41 Å². The van der Waals surface area contributed by atoms with E-state index in [9.17, 15) is 9.18 Å². The minimum Gasteiger partial charge on any atom is -0.348 e. The van der Waals surface area contributed by atoms with Crippen molar-refractivity contribution in [2.75, 3.05) is 18.5 Å². The highest BCUT2D eigenvalue weighted by Gasteiger charge is 2.31.